The smallest absolute Gasteiger partial charge is 0.258 e. The molecule has 1 N–H and O–H groups in total. The number of carbonyl (C=O) groups excluding carboxylic acids is 1. The van der Waals surface area contributed by atoms with Crippen molar-refractivity contribution < 1.29 is 4.79 Å². The number of pyridine rings is 2. The molecule has 4 nitrogen and oxygen atoms in total. The molecule has 2 heterocycles. The van der Waals surface area contributed by atoms with Crippen LogP contribution in [-0.2, 0) is 0 Å². The van der Waals surface area contributed by atoms with E-state index in [0.29, 0.717) is 11.4 Å². The van der Waals surface area contributed by atoms with E-state index in [9.17, 15) is 4.79 Å². The monoisotopic (exact) mass is 291 g/mol. The summed E-state index contributed by atoms with van der Waals surface area (Å²) in [6.45, 7) is 1.87. The van der Waals surface area contributed by atoms with Gasteiger partial charge in [-0.1, -0.05) is 6.07 Å². The Labute approximate surface area is 107 Å². The Morgan fingerprint density at radius 3 is 2.88 bits per heavy atom. The normalized spacial score (nSPS) is 10.0. The fourth-order valence-corrected chi connectivity index (χ4v) is 1.70. The highest BCUT2D eigenvalue weighted by Crippen LogP contribution is 2.11. The number of hydrogen-bond donors (Lipinski definition) is 1. The van der Waals surface area contributed by atoms with E-state index in [0.717, 1.165) is 10.2 Å². The maximum Gasteiger partial charge on any atom is 0.258 e. The summed E-state index contributed by atoms with van der Waals surface area (Å²) in [7, 11) is 0. The number of aromatic nitrogens is 2. The Hall–Kier alpha value is -1.75. The first-order chi connectivity index (χ1) is 8.15. The van der Waals surface area contributed by atoms with Crippen molar-refractivity contribution in [3.05, 3.63) is 52.4 Å². The average Bonchev–Trinajstić information content (AvgIpc) is 2.29. The fourth-order valence-electron chi connectivity index (χ4n) is 1.34. The van der Waals surface area contributed by atoms with Crippen LogP contribution >= 0.6 is 15.9 Å². The van der Waals surface area contributed by atoms with E-state index < -0.39 is 0 Å². The van der Waals surface area contributed by atoms with Crippen LogP contribution in [0.1, 0.15) is 16.1 Å². The van der Waals surface area contributed by atoms with E-state index in [1.165, 1.54) is 6.20 Å². The van der Waals surface area contributed by atoms with Crippen LogP contribution in [0.2, 0.25) is 0 Å². The number of aryl methyl sites for hydroxylation is 1. The summed E-state index contributed by atoms with van der Waals surface area (Å²) in [6.07, 6.45) is 3.14. The van der Waals surface area contributed by atoms with Crippen molar-refractivity contribution in [2.75, 3.05) is 5.32 Å². The van der Waals surface area contributed by atoms with Crippen LogP contribution in [0.25, 0.3) is 0 Å². The van der Waals surface area contributed by atoms with Crippen molar-refractivity contribution in [3.8, 4) is 0 Å². The zero-order chi connectivity index (χ0) is 12.3. The highest BCUT2D eigenvalue weighted by Gasteiger charge is 2.07. The number of nitrogens with zero attached hydrogens (tertiary/aromatic N) is 2. The zero-order valence-electron chi connectivity index (χ0n) is 9.14. The van der Waals surface area contributed by atoms with Crippen LogP contribution in [0.15, 0.2) is 41.1 Å². The molecule has 2 aromatic heterocycles. The van der Waals surface area contributed by atoms with Gasteiger partial charge in [-0.2, -0.15) is 0 Å². The molecule has 0 saturated carbocycles. The van der Waals surface area contributed by atoms with Crippen molar-refractivity contribution >= 4 is 27.7 Å². The predicted octanol–water partition coefficient (Wildman–Crippen LogP) is 2.80. The lowest BCUT2D eigenvalue weighted by molar-refractivity contribution is 0.102. The highest BCUT2D eigenvalue weighted by atomic mass is 79.9. The molecule has 86 valence electrons. The predicted molar refractivity (Wildman–Crippen MR) is 68.9 cm³/mol. The second-order valence-corrected chi connectivity index (χ2v) is 4.43. The summed E-state index contributed by atoms with van der Waals surface area (Å²) >= 11 is 3.27. The van der Waals surface area contributed by atoms with E-state index in [1.54, 1.807) is 18.3 Å². The van der Waals surface area contributed by atoms with Gasteiger partial charge in [0.25, 0.3) is 5.91 Å². The molecule has 0 unspecified atom stereocenters. The van der Waals surface area contributed by atoms with Gasteiger partial charge in [-0.25, -0.2) is 4.98 Å². The third-order valence-electron chi connectivity index (χ3n) is 2.10. The van der Waals surface area contributed by atoms with E-state index in [4.69, 9.17) is 0 Å². The van der Waals surface area contributed by atoms with Gasteiger partial charge in [-0.3, -0.25) is 9.78 Å². The Bertz CT molecular complexity index is 557. The fraction of sp³-hybridized carbons (Fsp3) is 0.0833. The molecule has 0 spiro atoms. The van der Waals surface area contributed by atoms with E-state index in [1.807, 2.05) is 19.1 Å². The molecule has 0 aliphatic rings. The van der Waals surface area contributed by atoms with E-state index in [2.05, 4.69) is 31.2 Å². The van der Waals surface area contributed by atoms with Gasteiger partial charge in [0.2, 0.25) is 0 Å². The Balaban J connectivity index is 2.17. The van der Waals surface area contributed by atoms with Crippen molar-refractivity contribution in [3.63, 3.8) is 0 Å². The molecule has 0 aromatic carbocycles. The Morgan fingerprint density at radius 2 is 2.18 bits per heavy atom. The minimum absolute atomic E-state index is 0.225. The summed E-state index contributed by atoms with van der Waals surface area (Å²) in [4.78, 5) is 20.0. The molecule has 0 radical (unpaired) electrons. The molecule has 5 heteroatoms. The minimum atomic E-state index is -0.225. The van der Waals surface area contributed by atoms with Crippen molar-refractivity contribution in [1.82, 2.24) is 9.97 Å². The number of hydrogen-bond acceptors (Lipinski definition) is 3. The Morgan fingerprint density at radius 1 is 1.35 bits per heavy atom. The molecule has 2 aromatic rings. The van der Waals surface area contributed by atoms with E-state index in [-0.39, 0.29) is 5.91 Å². The molecule has 17 heavy (non-hydrogen) atoms. The Kier molecular flexibility index (Phi) is 3.49. The van der Waals surface area contributed by atoms with Crippen LogP contribution in [0, 0.1) is 6.92 Å². The van der Waals surface area contributed by atoms with Crippen molar-refractivity contribution in [2.45, 2.75) is 6.92 Å². The summed E-state index contributed by atoms with van der Waals surface area (Å²) < 4.78 is 0.766. The first kappa shape index (κ1) is 11.7. The SMILES string of the molecule is Cc1cccc(NC(=O)c2cncc(Br)c2)n1. The first-order valence-electron chi connectivity index (χ1n) is 5.01. The van der Waals surface area contributed by atoms with Gasteiger partial charge in [-0.15, -0.1) is 0 Å². The molecule has 0 saturated heterocycles. The molecule has 2 rings (SSSR count). The maximum atomic E-state index is 11.9. The van der Waals surface area contributed by atoms with Crippen LogP contribution in [0.4, 0.5) is 5.82 Å². The summed E-state index contributed by atoms with van der Waals surface area (Å²) in [5.74, 6) is 0.312. The summed E-state index contributed by atoms with van der Waals surface area (Å²) in [5.41, 5.74) is 1.35. The van der Waals surface area contributed by atoms with Gasteiger partial charge >= 0.3 is 0 Å². The van der Waals surface area contributed by atoms with Gasteiger partial charge in [0.05, 0.1) is 5.56 Å². The van der Waals surface area contributed by atoms with Crippen molar-refractivity contribution in [1.29, 1.82) is 0 Å². The number of amides is 1. The van der Waals surface area contributed by atoms with Gasteiger partial charge in [0, 0.05) is 22.6 Å². The summed E-state index contributed by atoms with van der Waals surface area (Å²) in [5, 5.41) is 2.72. The van der Waals surface area contributed by atoms with Crippen LogP contribution in [0.5, 0.6) is 0 Å². The molecular formula is C12H10BrN3O. The average molecular weight is 292 g/mol. The highest BCUT2D eigenvalue weighted by molar-refractivity contribution is 9.10. The standard InChI is InChI=1S/C12H10BrN3O/c1-8-3-2-4-11(15-8)16-12(17)9-5-10(13)7-14-6-9/h2-7H,1H3,(H,15,16,17). The number of halogens is 1. The molecule has 0 aliphatic heterocycles. The largest absolute Gasteiger partial charge is 0.307 e. The lowest BCUT2D eigenvalue weighted by Gasteiger charge is -2.04. The molecule has 1 amide bonds. The lowest BCUT2D eigenvalue weighted by Crippen LogP contribution is -2.13. The molecule has 0 aliphatic carbocycles. The quantitative estimate of drug-likeness (QED) is 0.926. The third-order valence-corrected chi connectivity index (χ3v) is 2.53. The van der Waals surface area contributed by atoms with Crippen LogP contribution in [-0.4, -0.2) is 15.9 Å². The van der Waals surface area contributed by atoms with Gasteiger partial charge in [0.1, 0.15) is 5.82 Å². The number of rotatable bonds is 2. The number of anilines is 1. The molecular weight excluding hydrogens is 282 g/mol. The molecule has 0 bridgehead atoms. The minimum Gasteiger partial charge on any atom is -0.307 e. The molecule has 0 fully saturated rings. The zero-order valence-corrected chi connectivity index (χ0v) is 10.7. The van der Waals surface area contributed by atoms with Gasteiger partial charge in [-0.05, 0) is 41.1 Å². The van der Waals surface area contributed by atoms with Gasteiger partial charge in [0.15, 0.2) is 0 Å². The lowest BCUT2D eigenvalue weighted by atomic mass is 10.2. The number of nitrogens with one attached hydrogen (secondary N) is 1. The summed E-state index contributed by atoms with van der Waals surface area (Å²) in [6, 6.07) is 7.17. The topological polar surface area (TPSA) is 54.9 Å². The second-order valence-electron chi connectivity index (χ2n) is 3.51. The van der Waals surface area contributed by atoms with Crippen LogP contribution < -0.4 is 5.32 Å². The first-order valence-corrected chi connectivity index (χ1v) is 5.80. The third kappa shape index (κ3) is 3.10. The van der Waals surface area contributed by atoms with Crippen LogP contribution in [0.3, 0.4) is 0 Å². The second kappa shape index (κ2) is 5.05. The molecule has 0 atom stereocenters. The number of carbonyl (C=O) groups is 1. The maximum absolute atomic E-state index is 11.9. The van der Waals surface area contributed by atoms with Gasteiger partial charge < -0.3 is 5.32 Å². The van der Waals surface area contributed by atoms with E-state index >= 15 is 0 Å². The van der Waals surface area contributed by atoms with Crippen molar-refractivity contribution in [2.24, 2.45) is 0 Å².